The van der Waals surface area contributed by atoms with Gasteiger partial charge in [-0.25, -0.2) is 0 Å². The van der Waals surface area contributed by atoms with Gasteiger partial charge in [0.1, 0.15) is 11.5 Å². The Morgan fingerprint density at radius 3 is 2.58 bits per heavy atom. The fraction of sp³-hybridized carbons (Fsp3) is 0.381. The minimum absolute atomic E-state index is 0.0513. The van der Waals surface area contributed by atoms with Crippen LogP contribution in [0.3, 0.4) is 0 Å². The Hall–Kier alpha value is -2.69. The number of nitrogens with one attached hydrogen (secondary N) is 1. The Balaban J connectivity index is 1.97. The lowest BCUT2D eigenvalue weighted by Gasteiger charge is -2.24. The van der Waals surface area contributed by atoms with Crippen molar-refractivity contribution in [3.63, 3.8) is 0 Å². The summed E-state index contributed by atoms with van der Waals surface area (Å²) >= 11 is 0. The van der Waals surface area contributed by atoms with Crippen LogP contribution in [0.25, 0.3) is 0 Å². The number of benzene rings is 2. The highest BCUT2D eigenvalue weighted by Crippen LogP contribution is 2.38. The summed E-state index contributed by atoms with van der Waals surface area (Å²) in [6.45, 7) is 7.24. The molecule has 0 unspecified atom stereocenters. The van der Waals surface area contributed by atoms with Gasteiger partial charge in [-0.2, -0.15) is 0 Å². The Kier molecular flexibility index (Phi) is 4.57. The van der Waals surface area contributed by atoms with E-state index in [1.54, 1.807) is 18.1 Å². The third-order valence-electron chi connectivity index (χ3n) is 4.90. The fourth-order valence-electron chi connectivity index (χ4n) is 3.47. The zero-order valence-electron chi connectivity index (χ0n) is 16.0. The van der Waals surface area contributed by atoms with Crippen molar-refractivity contribution in [3.05, 3.63) is 52.6 Å². The van der Waals surface area contributed by atoms with Crippen molar-refractivity contribution in [1.82, 2.24) is 4.90 Å². The first-order valence-corrected chi connectivity index (χ1v) is 8.75. The largest absolute Gasteiger partial charge is 0.507 e. The molecule has 0 atom stereocenters. The van der Waals surface area contributed by atoms with E-state index < -0.39 is 0 Å². The van der Waals surface area contributed by atoms with Crippen LogP contribution in [-0.2, 0) is 18.5 Å². The zero-order chi connectivity index (χ0) is 19.1. The molecule has 5 heteroatoms. The molecule has 0 saturated carbocycles. The van der Waals surface area contributed by atoms with Crippen molar-refractivity contribution in [1.29, 1.82) is 0 Å². The number of ether oxygens (including phenoxy) is 1. The summed E-state index contributed by atoms with van der Waals surface area (Å²) in [7, 11) is 3.45. The van der Waals surface area contributed by atoms with Crippen LogP contribution < -0.4 is 10.1 Å². The predicted molar refractivity (Wildman–Crippen MR) is 103 cm³/mol. The molecule has 0 fully saturated rings. The molecule has 1 amide bonds. The molecule has 3 rings (SSSR count). The molecule has 0 saturated heterocycles. The average Bonchev–Trinajstić information content (AvgIpc) is 3.03. The first-order valence-electron chi connectivity index (χ1n) is 8.75. The van der Waals surface area contributed by atoms with E-state index in [4.69, 9.17) is 4.74 Å². The number of phenols is 1. The molecule has 0 radical (unpaired) electrons. The number of amides is 1. The number of phenolic OH excluding ortho intramolecular Hbond substituents is 1. The molecule has 1 heterocycles. The van der Waals surface area contributed by atoms with Crippen LogP contribution >= 0.6 is 0 Å². The number of hydrogen-bond acceptors (Lipinski definition) is 4. The molecule has 0 bridgehead atoms. The van der Waals surface area contributed by atoms with Crippen molar-refractivity contribution in [2.75, 3.05) is 19.5 Å². The third kappa shape index (κ3) is 3.09. The second-order valence-corrected chi connectivity index (χ2v) is 7.67. The maximum Gasteiger partial charge on any atom is 0.258 e. The van der Waals surface area contributed by atoms with E-state index in [0.29, 0.717) is 24.4 Å². The molecule has 0 aliphatic carbocycles. The zero-order valence-corrected chi connectivity index (χ0v) is 16.0. The monoisotopic (exact) mass is 354 g/mol. The van der Waals surface area contributed by atoms with Gasteiger partial charge in [-0.05, 0) is 28.7 Å². The molecular weight excluding hydrogens is 328 g/mol. The number of nitrogens with zero attached hydrogens (tertiary/aromatic N) is 1. The summed E-state index contributed by atoms with van der Waals surface area (Å²) in [5.74, 6) is 0.368. The topological polar surface area (TPSA) is 61.8 Å². The second kappa shape index (κ2) is 6.56. The highest BCUT2D eigenvalue weighted by molar-refractivity contribution is 5.98. The lowest BCUT2D eigenvalue weighted by Crippen LogP contribution is -2.26. The first kappa shape index (κ1) is 18.1. The number of anilines is 1. The lowest BCUT2D eigenvalue weighted by atomic mass is 9.85. The third-order valence-corrected chi connectivity index (χ3v) is 4.90. The first-order chi connectivity index (χ1) is 12.3. The number of methoxy groups -OCH3 is 1. The smallest absolute Gasteiger partial charge is 0.258 e. The minimum Gasteiger partial charge on any atom is -0.507 e. The molecule has 2 aromatic carbocycles. The summed E-state index contributed by atoms with van der Waals surface area (Å²) in [4.78, 5) is 14.9. The van der Waals surface area contributed by atoms with Crippen molar-refractivity contribution < 1.29 is 14.6 Å². The van der Waals surface area contributed by atoms with Gasteiger partial charge in [-0.15, -0.1) is 0 Å². The molecular formula is C21H26N2O3. The van der Waals surface area contributed by atoms with Crippen molar-refractivity contribution in [2.24, 2.45) is 0 Å². The van der Waals surface area contributed by atoms with Crippen molar-refractivity contribution >= 4 is 11.6 Å². The van der Waals surface area contributed by atoms with Crippen LogP contribution in [0.5, 0.6) is 11.5 Å². The summed E-state index contributed by atoms with van der Waals surface area (Å²) < 4.78 is 5.40. The van der Waals surface area contributed by atoms with Gasteiger partial charge in [0, 0.05) is 37.5 Å². The SMILES string of the molecule is CNc1cccc2c1CN(C(=O)c1cc(C(C)(C)C)c(OC)cc1O)C2. The maximum atomic E-state index is 13.1. The molecule has 1 aliphatic heterocycles. The second-order valence-electron chi connectivity index (χ2n) is 7.67. The normalized spacial score (nSPS) is 13.5. The van der Waals surface area contributed by atoms with Gasteiger partial charge in [-0.3, -0.25) is 4.79 Å². The van der Waals surface area contributed by atoms with Gasteiger partial charge >= 0.3 is 0 Å². The number of carbonyl (C=O) groups excluding carboxylic acids is 1. The fourth-order valence-corrected chi connectivity index (χ4v) is 3.47. The summed E-state index contributed by atoms with van der Waals surface area (Å²) in [6, 6.07) is 9.34. The van der Waals surface area contributed by atoms with Gasteiger partial charge in [0.05, 0.1) is 12.7 Å². The van der Waals surface area contributed by atoms with Crippen LogP contribution in [0.2, 0.25) is 0 Å². The highest BCUT2D eigenvalue weighted by atomic mass is 16.5. The predicted octanol–water partition coefficient (Wildman–Crippen LogP) is 3.90. The molecule has 2 N–H and O–H groups in total. The lowest BCUT2D eigenvalue weighted by molar-refractivity contribution is 0.0748. The van der Waals surface area contributed by atoms with Gasteiger partial charge in [0.25, 0.3) is 5.91 Å². The quantitative estimate of drug-likeness (QED) is 0.878. The van der Waals surface area contributed by atoms with Crippen LogP contribution in [0.1, 0.15) is 47.8 Å². The number of fused-ring (bicyclic) bond motifs is 1. The average molecular weight is 354 g/mol. The van der Waals surface area contributed by atoms with E-state index in [0.717, 1.165) is 22.4 Å². The van der Waals surface area contributed by atoms with Gasteiger partial charge in [0.2, 0.25) is 0 Å². The molecule has 1 aliphatic rings. The van der Waals surface area contributed by atoms with E-state index in [1.807, 2.05) is 25.2 Å². The standard InChI is InChI=1S/C21H26N2O3/c1-21(2,3)16-9-14(18(24)10-19(16)26-5)20(25)23-11-13-7-6-8-17(22-4)15(13)12-23/h6-10,22,24H,11-12H2,1-5H3. The Morgan fingerprint density at radius 1 is 1.23 bits per heavy atom. The Labute approximate surface area is 154 Å². The van der Waals surface area contributed by atoms with Crippen molar-refractivity contribution in [2.45, 2.75) is 39.3 Å². The van der Waals surface area contributed by atoms with E-state index in [2.05, 4.69) is 26.1 Å². The number of hydrogen-bond donors (Lipinski definition) is 2. The maximum absolute atomic E-state index is 13.1. The van der Waals surface area contributed by atoms with Crippen LogP contribution in [-0.4, -0.2) is 30.1 Å². The summed E-state index contributed by atoms with van der Waals surface area (Å²) in [5, 5.41) is 13.6. The van der Waals surface area contributed by atoms with Crippen LogP contribution in [0.15, 0.2) is 30.3 Å². The Morgan fingerprint density at radius 2 is 1.96 bits per heavy atom. The molecule has 5 nitrogen and oxygen atoms in total. The van der Waals surface area contributed by atoms with Gasteiger partial charge < -0.3 is 20.1 Å². The van der Waals surface area contributed by atoms with Crippen LogP contribution in [0.4, 0.5) is 5.69 Å². The molecule has 26 heavy (non-hydrogen) atoms. The molecule has 0 aromatic heterocycles. The van der Waals surface area contributed by atoms with E-state index in [-0.39, 0.29) is 17.1 Å². The molecule has 138 valence electrons. The van der Waals surface area contributed by atoms with Gasteiger partial charge in [0.15, 0.2) is 0 Å². The van der Waals surface area contributed by atoms with Crippen LogP contribution in [0, 0.1) is 0 Å². The molecule has 2 aromatic rings. The number of rotatable bonds is 3. The van der Waals surface area contributed by atoms with E-state index in [1.165, 1.54) is 6.07 Å². The molecule has 0 spiro atoms. The van der Waals surface area contributed by atoms with Gasteiger partial charge in [-0.1, -0.05) is 32.9 Å². The Bertz CT molecular complexity index is 853. The summed E-state index contributed by atoms with van der Waals surface area (Å²) in [6.07, 6.45) is 0. The van der Waals surface area contributed by atoms with E-state index >= 15 is 0 Å². The minimum atomic E-state index is -0.207. The number of carbonyl (C=O) groups is 1. The summed E-state index contributed by atoms with van der Waals surface area (Å²) in [5.41, 5.74) is 4.30. The van der Waals surface area contributed by atoms with Crippen molar-refractivity contribution in [3.8, 4) is 11.5 Å². The number of aromatic hydroxyl groups is 1. The highest BCUT2D eigenvalue weighted by Gasteiger charge is 2.30. The van der Waals surface area contributed by atoms with E-state index in [9.17, 15) is 9.90 Å².